The quantitative estimate of drug-likeness (QED) is 0.650. The van der Waals surface area contributed by atoms with Gasteiger partial charge in [0.15, 0.2) is 0 Å². The zero-order valence-corrected chi connectivity index (χ0v) is 13.7. The molecule has 0 radical (unpaired) electrons. The van der Waals surface area contributed by atoms with Crippen molar-refractivity contribution in [3.63, 3.8) is 0 Å². The Bertz CT molecular complexity index is 887. The predicted octanol–water partition coefficient (Wildman–Crippen LogP) is 4.08. The molecule has 0 saturated heterocycles. The zero-order valence-electron chi connectivity index (χ0n) is 12.9. The van der Waals surface area contributed by atoms with Crippen molar-refractivity contribution >= 4 is 17.6 Å². The van der Waals surface area contributed by atoms with Crippen LogP contribution in [0.1, 0.15) is 11.1 Å². The minimum Gasteiger partial charge on any atom is -0.261 e. The molecule has 3 rings (SSSR count). The molecule has 3 aromatic rings. The van der Waals surface area contributed by atoms with Gasteiger partial charge in [0.2, 0.25) is 4.80 Å². The van der Waals surface area contributed by atoms with Gasteiger partial charge in [-0.15, -0.1) is 11.3 Å². The summed E-state index contributed by atoms with van der Waals surface area (Å²) < 4.78 is 14.8. The maximum Gasteiger partial charge on any atom is 0.205 e. The summed E-state index contributed by atoms with van der Waals surface area (Å²) >= 11 is 1.54. The molecule has 0 atom stereocenters. The molecule has 0 fully saturated rings. The van der Waals surface area contributed by atoms with E-state index >= 15 is 0 Å². The molecular weight excluding hydrogens is 309 g/mol. The van der Waals surface area contributed by atoms with Gasteiger partial charge in [-0.3, -0.25) is 4.99 Å². The van der Waals surface area contributed by atoms with Gasteiger partial charge in [0, 0.05) is 18.0 Å². The Balaban J connectivity index is 2.02. The highest BCUT2D eigenvalue weighted by Crippen LogP contribution is 2.20. The number of halogens is 1. The fourth-order valence-corrected chi connectivity index (χ4v) is 2.96. The summed E-state index contributed by atoms with van der Waals surface area (Å²) in [6.45, 7) is 2.06. The fourth-order valence-electron chi connectivity index (χ4n) is 2.16. The molecule has 23 heavy (non-hydrogen) atoms. The predicted molar refractivity (Wildman–Crippen MR) is 93.4 cm³/mol. The van der Waals surface area contributed by atoms with Gasteiger partial charge in [0.25, 0.3) is 0 Å². The molecule has 0 aliphatic rings. The maximum absolute atomic E-state index is 13.0. The monoisotopic (exact) mass is 325 g/mol. The van der Waals surface area contributed by atoms with Crippen LogP contribution in [-0.4, -0.2) is 17.9 Å². The largest absolute Gasteiger partial charge is 0.261 e. The number of nitrogens with zero attached hydrogens (tertiary/aromatic N) is 3. The van der Waals surface area contributed by atoms with E-state index in [1.165, 1.54) is 29.0 Å². The lowest BCUT2D eigenvalue weighted by Crippen LogP contribution is -2.11. The van der Waals surface area contributed by atoms with Gasteiger partial charge in [-0.2, -0.15) is 5.10 Å². The molecule has 1 heterocycles. The fraction of sp³-hybridized carbons (Fsp3) is 0.111. The number of aromatic nitrogens is 1. The van der Waals surface area contributed by atoms with Crippen molar-refractivity contribution in [1.82, 2.24) is 4.68 Å². The lowest BCUT2D eigenvalue weighted by Gasteiger charge is -2.04. The van der Waals surface area contributed by atoms with Crippen molar-refractivity contribution in [2.45, 2.75) is 6.92 Å². The first-order valence-corrected chi connectivity index (χ1v) is 8.05. The number of rotatable bonds is 3. The smallest absolute Gasteiger partial charge is 0.205 e. The van der Waals surface area contributed by atoms with Crippen molar-refractivity contribution in [3.05, 3.63) is 75.7 Å². The SMILES string of the molecule is CN=c1scc(-c2ccc(C)cc2)n1/N=C/c1ccc(F)cc1. The number of benzene rings is 2. The van der Waals surface area contributed by atoms with E-state index in [1.54, 1.807) is 30.1 Å². The van der Waals surface area contributed by atoms with Crippen molar-refractivity contribution in [2.75, 3.05) is 7.05 Å². The lowest BCUT2D eigenvalue weighted by molar-refractivity contribution is 0.628. The van der Waals surface area contributed by atoms with Crippen LogP contribution in [0.15, 0.2) is 64.0 Å². The second-order valence-corrected chi connectivity index (χ2v) is 5.94. The van der Waals surface area contributed by atoms with E-state index < -0.39 is 0 Å². The Morgan fingerprint density at radius 3 is 2.39 bits per heavy atom. The van der Waals surface area contributed by atoms with Crippen LogP contribution in [0.3, 0.4) is 0 Å². The Hall–Kier alpha value is -2.53. The van der Waals surface area contributed by atoms with Gasteiger partial charge < -0.3 is 0 Å². The zero-order chi connectivity index (χ0) is 16.2. The van der Waals surface area contributed by atoms with Crippen LogP contribution in [0.4, 0.5) is 4.39 Å². The highest BCUT2D eigenvalue weighted by molar-refractivity contribution is 7.07. The summed E-state index contributed by atoms with van der Waals surface area (Å²) in [5.74, 6) is -0.255. The summed E-state index contributed by atoms with van der Waals surface area (Å²) in [5.41, 5.74) is 4.11. The molecule has 0 aliphatic carbocycles. The first-order chi connectivity index (χ1) is 11.2. The van der Waals surface area contributed by atoms with E-state index in [4.69, 9.17) is 0 Å². The van der Waals surface area contributed by atoms with Crippen LogP contribution in [0.2, 0.25) is 0 Å². The van der Waals surface area contributed by atoms with Gasteiger partial charge >= 0.3 is 0 Å². The molecule has 0 spiro atoms. The van der Waals surface area contributed by atoms with Crippen LogP contribution < -0.4 is 4.80 Å². The summed E-state index contributed by atoms with van der Waals surface area (Å²) in [5, 5.41) is 6.56. The molecule has 2 aromatic carbocycles. The van der Waals surface area contributed by atoms with E-state index in [2.05, 4.69) is 41.3 Å². The molecule has 0 aliphatic heterocycles. The van der Waals surface area contributed by atoms with Gasteiger partial charge in [0.1, 0.15) is 5.82 Å². The molecule has 0 saturated carbocycles. The lowest BCUT2D eigenvalue weighted by atomic mass is 10.1. The molecule has 0 bridgehead atoms. The van der Waals surface area contributed by atoms with Crippen LogP contribution in [0.5, 0.6) is 0 Å². The van der Waals surface area contributed by atoms with Gasteiger partial charge in [0.05, 0.1) is 11.9 Å². The van der Waals surface area contributed by atoms with Crippen LogP contribution >= 0.6 is 11.3 Å². The first kappa shape index (κ1) is 15.4. The summed E-state index contributed by atoms with van der Waals surface area (Å²) in [4.78, 5) is 5.07. The third kappa shape index (κ3) is 3.46. The number of hydrogen-bond donors (Lipinski definition) is 0. The number of thiazole rings is 1. The normalized spacial score (nSPS) is 12.2. The molecule has 3 nitrogen and oxygen atoms in total. The van der Waals surface area contributed by atoms with E-state index in [0.29, 0.717) is 0 Å². The average molecular weight is 325 g/mol. The van der Waals surface area contributed by atoms with Crippen LogP contribution in [-0.2, 0) is 0 Å². The van der Waals surface area contributed by atoms with E-state index in [1.807, 2.05) is 5.38 Å². The van der Waals surface area contributed by atoms with Gasteiger partial charge in [-0.05, 0) is 24.6 Å². The standard InChI is InChI=1S/C18H16FN3S/c1-13-3-7-15(8-4-13)17-12-23-18(20-2)22(17)21-11-14-5-9-16(19)10-6-14/h3-12H,1-2H3/b20-18?,21-11+. The van der Waals surface area contributed by atoms with E-state index in [9.17, 15) is 4.39 Å². The summed E-state index contributed by atoms with van der Waals surface area (Å²) in [6.07, 6.45) is 1.71. The number of hydrogen-bond acceptors (Lipinski definition) is 3. The average Bonchev–Trinajstić information content (AvgIpc) is 2.98. The van der Waals surface area contributed by atoms with Crippen molar-refractivity contribution in [1.29, 1.82) is 0 Å². The molecule has 0 amide bonds. The van der Waals surface area contributed by atoms with Crippen molar-refractivity contribution < 1.29 is 4.39 Å². The molecular formula is C18H16FN3S. The van der Waals surface area contributed by atoms with Crippen LogP contribution in [0.25, 0.3) is 11.3 Å². The highest BCUT2D eigenvalue weighted by atomic mass is 32.1. The highest BCUT2D eigenvalue weighted by Gasteiger charge is 2.06. The second kappa shape index (κ2) is 6.71. The molecule has 5 heteroatoms. The molecule has 0 N–H and O–H groups in total. The Labute approximate surface area is 138 Å². The summed E-state index contributed by atoms with van der Waals surface area (Å²) in [6, 6.07) is 14.5. The van der Waals surface area contributed by atoms with E-state index in [0.717, 1.165) is 21.6 Å². The second-order valence-electron chi connectivity index (χ2n) is 5.10. The van der Waals surface area contributed by atoms with Crippen molar-refractivity contribution in [3.8, 4) is 11.3 Å². The maximum atomic E-state index is 13.0. The third-order valence-corrected chi connectivity index (χ3v) is 4.32. The van der Waals surface area contributed by atoms with Crippen LogP contribution in [0, 0.1) is 12.7 Å². The Morgan fingerprint density at radius 1 is 1.04 bits per heavy atom. The molecule has 116 valence electrons. The topological polar surface area (TPSA) is 29.6 Å². The Morgan fingerprint density at radius 2 is 1.74 bits per heavy atom. The number of aryl methyl sites for hydroxylation is 1. The van der Waals surface area contributed by atoms with Crippen molar-refractivity contribution in [2.24, 2.45) is 10.1 Å². The Kier molecular flexibility index (Phi) is 4.48. The molecule has 0 unspecified atom stereocenters. The minimum atomic E-state index is -0.255. The van der Waals surface area contributed by atoms with Gasteiger partial charge in [-0.1, -0.05) is 42.0 Å². The first-order valence-electron chi connectivity index (χ1n) is 7.18. The summed E-state index contributed by atoms with van der Waals surface area (Å²) in [7, 11) is 1.74. The third-order valence-electron chi connectivity index (χ3n) is 3.42. The van der Waals surface area contributed by atoms with E-state index in [-0.39, 0.29) is 5.82 Å². The molecule has 1 aromatic heterocycles. The minimum absolute atomic E-state index is 0.255. The van der Waals surface area contributed by atoms with Gasteiger partial charge in [-0.25, -0.2) is 9.07 Å².